The van der Waals surface area contributed by atoms with Gasteiger partial charge in [0.15, 0.2) is 0 Å². The normalized spacial score (nSPS) is 9.55. The summed E-state index contributed by atoms with van der Waals surface area (Å²) in [4.78, 5) is 4.16. The zero-order valence-electron chi connectivity index (χ0n) is 6.21. The molecule has 1 aromatic carbocycles. The van der Waals surface area contributed by atoms with Crippen LogP contribution in [0.25, 0.3) is 10.9 Å². The first kappa shape index (κ1) is 8.52. The molecule has 0 atom stereocenters. The molecule has 0 aliphatic heterocycles. The zero-order chi connectivity index (χ0) is 6.97. The number of rotatable bonds is 0. The topological polar surface area (TPSA) is 14.1 Å². The van der Waals surface area contributed by atoms with Crippen molar-refractivity contribution >= 4 is 10.9 Å². The standard InChI is InChI=1S/C9H8N.Re/c1-7-2-3-9-8(6-7)4-5-10-9;/h2-6H,1H3;/q-1;. The maximum absolute atomic E-state index is 4.16. The van der Waals surface area contributed by atoms with Gasteiger partial charge < -0.3 is 4.98 Å². The summed E-state index contributed by atoms with van der Waals surface area (Å²) in [6.45, 7) is 2.09. The Hall–Kier alpha value is -0.578. The number of hydrogen-bond acceptors (Lipinski definition) is 0. The van der Waals surface area contributed by atoms with E-state index >= 15 is 0 Å². The van der Waals surface area contributed by atoms with Crippen LogP contribution in [0.3, 0.4) is 0 Å². The molecule has 0 spiro atoms. The van der Waals surface area contributed by atoms with E-state index in [0.717, 1.165) is 5.52 Å². The first-order chi connectivity index (χ1) is 4.86. The minimum absolute atomic E-state index is 0. The van der Waals surface area contributed by atoms with Gasteiger partial charge in [-0.05, 0) is 12.3 Å². The van der Waals surface area contributed by atoms with Gasteiger partial charge in [0.1, 0.15) is 0 Å². The van der Waals surface area contributed by atoms with Gasteiger partial charge in [0.25, 0.3) is 0 Å². The Kier molecular flexibility index (Phi) is 2.49. The Bertz CT molecular complexity index is 351. The largest absolute Gasteiger partial charge is 0.664 e. The van der Waals surface area contributed by atoms with Gasteiger partial charge in [-0.15, -0.1) is 5.52 Å². The molecule has 0 N–H and O–H groups in total. The average molecular weight is 316 g/mol. The fourth-order valence-electron chi connectivity index (χ4n) is 1.12. The van der Waals surface area contributed by atoms with E-state index in [4.69, 9.17) is 0 Å². The number of aryl methyl sites for hydroxylation is 1. The summed E-state index contributed by atoms with van der Waals surface area (Å²) in [5.74, 6) is 0. The van der Waals surface area contributed by atoms with Gasteiger partial charge in [-0.3, -0.25) is 0 Å². The maximum atomic E-state index is 4.16. The Morgan fingerprint density at radius 3 is 2.82 bits per heavy atom. The van der Waals surface area contributed by atoms with Crippen molar-refractivity contribution in [1.82, 2.24) is 4.98 Å². The molecule has 57 valence electrons. The third-order valence-electron chi connectivity index (χ3n) is 1.65. The zero-order valence-corrected chi connectivity index (χ0v) is 8.93. The molecule has 1 nitrogen and oxygen atoms in total. The van der Waals surface area contributed by atoms with E-state index in [-0.39, 0.29) is 20.4 Å². The van der Waals surface area contributed by atoms with Crippen molar-refractivity contribution in [2.45, 2.75) is 6.92 Å². The molecule has 1 aromatic heterocycles. The summed E-state index contributed by atoms with van der Waals surface area (Å²) in [6, 6.07) is 8.30. The fraction of sp³-hybridized carbons (Fsp3) is 0.111. The van der Waals surface area contributed by atoms with Gasteiger partial charge in [-0.2, -0.15) is 6.20 Å². The van der Waals surface area contributed by atoms with E-state index in [2.05, 4.69) is 24.0 Å². The van der Waals surface area contributed by atoms with Crippen molar-refractivity contribution in [3.63, 3.8) is 0 Å². The van der Waals surface area contributed by atoms with Crippen molar-refractivity contribution in [1.29, 1.82) is 0 Å². The molecule has 2 aromatic rings. The quantitative estimate of drug-likeness (QED) is 0.726. The second kappa shape index (κ2) is 3.21. The summed E-state index contributed by atoms with van der Waals surface area (Å²) in [6.07, 6.45) is 1.84. The molecular weight excluding hydrogens is 308 g/mol. The molecular formula is C9H8NRe-. The monoisotopic (exact) mass is 317 g/mol. The molecule has 0 amide bonds. The van der Waals surface area contributed by atoms with E-state index < -0.39 is 0 Å². The molecule has 11 heavy (non-hydrogen) atoms. The van der Waals surface area contributed by atoms with Crippen molar-refractivity contribution in [2.75, 3.05) is 0 Å². The van der Waals surface area contributed by atoms with Crippen LogP contribution in [0.15, 0.2) is 30.5 Å². The van der Waals surface area contributed by atoms with Crippen LogP contribution in [0.4, 0.5) is 0 Å². The van der Waals surface area contributed by atoms with Crippen LogP contribution in [0.1, 0.15) is 5.56 Å². The molecule has 0 fully saturated rings. The Morgan fingerprint density at radius 2 is 2.00 bits per heavy atom. The number of hydrogen-bond donors (Lipinski definition) is 0. The van der Waals surface area contributed by atoms with Crippen LogP contribution in [-0.2, 0) is 20.4 Å². The first-order valence-electron chi connectivity index (χ1n) is 3.34. The Morgan fingerprint density at radius 1 is 1.18 bits per heavy atom. The van der Waals surface area contributed by atoms with Crippen molar-refractivity contribution in [3.8, 4) is 0 Å². The van der Waals surface area contributed by atoms with E-state index in [0.29, 0.717) is 0 Å². The average Bonchev–Trinajstić information content (AvgIpc) is 2.33. The predicted molar refractivity (Wildman–Crippen MR) is 42.0 cm³/mol. The molecule has 0 aliphatic rings. The Labute approximate surface area is 79.5 Å². The molecule has 0 aliphatic carbocycles. The van der Waals surface area contributed by atoms with E-state index in [1.165, 1.54) is 10.9 Å². The summed E-state index contributed by atoms with van der Waals surface area (Å²) in [5.41, 5.74) is 2.38. The SMILES string of the molecule is Cc1ccc2[n-]ccc2c1.[Re]. The van der Waals surface area contributed by atoms with Crippen LogP contribution >= 0.6 is 0 Å². The molecule has 1 heterocycles. The van der Waals surface area contributed by atoms with Crippen LogP contribution in [0, 0.1) is 6.92 Å². The predicted octanol–water partition coefficient (Wildman–Crippen LogP) is 2.10. The van der Waals surface area contributed by atoms with Gasteiger partial charge in [-0.25, -0.2) is 0 Å². The molecule has 0 unspecified atom stereocenters. The third kappa shape index (κ3) is 1.53. The molecule has 0 saturated heterocycles. The van der Waals surface area contributed by atoms with Gasteiger partial charge in [0.05, 0.1) is 0 Å². The second-order valence-corrected chi connectivity index (χ2v) is 2.51. The summed E-state index contributed by atoms with van der Waals surface area (Å²) >= 11 is 0. The molecule has 1 radical (unpaired) electrons. The maximum Gasteiger partial charge on any atom is 0 e. The van der Waals surface area contributed by atoms with E-state index in [9.17, 15) is 0 Å². The number of aromatic nitrogens is 1. The first-order valence-corrected chi connectivity index (χ1v) is 3.34. The third-order valence-corrected chi connectivity index (χ3v) is 1.65. The van der Waals surface area contributed by atoms with Gasteiger partial charge >= 0.3 is 0 Å². The van der Waals surface area contributed by atoms with Gasteiger partial charge in [-0.1, -0.05) is 29.8 Å². The second-order valence-electron chi connectivity index (χ2n) is 2.51. The summed E-state index contributed by atoms with van der Waals surface area (Å²) in [7, 11) is 0. The van der Waals surface area contributed by atoms with Crippen LogP contribution < -0.4 is 4.98 Å². The minimum atomic E-state index is 0. The van der Waals surface area contributed by atoms with Gasteiger partial charge in [0.2, 0.25) is 0 Å². The van der Waals surface area contributed by atoms with Crippen molar-refractivity contribution < 1.29 is 20.4 Å². The van der Waals surface area contributed by atoms with Gasteiger partial charge in [0, 0.05) is 20.4 Å². The molecule has 0 bridgehead atoms. The smallest absolute Gasteiger partial charge is 0 e. The molecule has 2 heteroatoms. The minimum Gasteiger partial charge on any atom is -0.664 e. The number of benzene rings is 1. The van der Waals surface area contributed by atoms with Crippen LogP contribution in [0.5, 0.6) is 0 Å². The van der Waals surface area contributed by atoms with Crippen molar-refractivity contribution in [3.05, 3.63) is 36.0 Å². The van der Waals surface area contributed by atoms with Crippen LogP contribution in [0.2, 0.25) is 0 Å². The Balaban J connectivity index is 0.000000605. The fourth-order valence-corrected chi connectivity index (χ4v) is 1.12. The van der Waals surface area contributed by atoms with Crippen molar-refractivity contribution in [2.24, 2.45) is 0 Å². The van der Waals surface area contributed by atoms with E-state index in [1.807, 2.05) is 18.3 Å². The van der Waals surface area contributed by atoms with Crippen LogP contribution in [-0.4, -0.2) is 0 Å². The molecule has 0 saturated carbocycles. The number of fused-ring (bicyclic) bond motifs is 1. The number of nitrogens with zero attached hydrogens (tertiary/aromatic N) is 1. The summed E-state index contributed by atoms with van der Waals surface area (Å²) < 4.78 is 0. The van der Waals surface area contributed by atoms with E-state index in [1.54, 1.807) is 0 Å². The summed E-state index contributed by atoms with van der Waals surface area (Å²) in [5, 5.41) is 1.24. The molecule has 2 rings (SSSR count).